The van der Waals surface area contributed by atoms with Crippen LogP contribution in [0.25, 0.3) is 11.4 Å². The first-order chi connectivity index (χ1) is 14.7. The third kappa shape index (κ3) is 4.63. The molecule has 3 aromatic carbocycles. The second-order valence-corrected chi connectivity index (χ2v) is 7.18. The van der Waals surface area contributed by atoms with E-state index in [1.807, 2.05) is 72.8 Å². The maximum absolute atomic E-state index is 13.1. The number of carbonyl (C=O) groups is 1. The second kappa shape index (κ2) is 9.18. The summed E-state index contributed by atoms with van der Waals surface area (Å²) in [7, 11) is 1.75. The molecule has 0 aliphatic heterocycles. The number of carbonyl (C=O) groups excluding carboxylic acids is 1. The van der Waals surface area contributed by atoms with Crippen LogP contribution in [-0.4, -0.2) is 28.0 Å². The molecule has 0 bridgehead atoms. The molecule has 0 radical (unpaired) electrons. The van der Waals surface area contributed by atoms with Crippen LogP contribution in [0.4, 0.5) is 0 Å². The maximum atomic E-state index is 13.1. The molecule has 1 heterocycles. The summed E-state index contributed by atoms with van der Waals surface area (Å²) in [4.78, 5) is 19.1. The van der Waals surface area contributed by atoms with Gasteiger partial charge in [0.05, 0.1) is 6.54 Å². The van der Waals surface area contributed by atoms with Crippen molar-refractivity contribution < 1.29 is 9.32 Å². The van der Waals surface area contributed by atoms with Crippen molar-refractivity contribution >= 4 is 5.91 Å². The third-order valence-corrected chi connectivity index (χ3v) is 4.99. The van der Waals surface area contributed by atoms with Crippen molar-refractivity contribution in [2.24, 2.45) is 0 Å². The Morgan fingerprint density at radius 2 is 1.53 bits per heavy atom. The quantitative estimate of drug-likeness (QED) is 0.450. The van der Waals surface area contributed by atoms with Gasteiger partial charge in [-0.25, -0.2) is 0 Å². The normalized spacial score (nSPS) is 10.7. The molecular weight excluding hydrogens is 374 g/mol. The lowest BCUT2D eigenvalue weighted by Crippen LogP contribution is -2.27. The Bertz CT molecular complexity index is 1110. The topological polar surface area (TPSA) is 59.2 Å². The van der Waals surface area contributed by atoms with E-state index in [0.717, 1.165) is 24.0 Å². The van der Waals surface area contributed by atoms with Gasteiger partial charge in [-0.3, -0.25) is 4.79 Å². The SMILES string of the molecule is CN(Cc1nc(-c2ccccc2)no1)C(=O)c1ccccc1CCc1ccccc1. The van der Waals surface area contributed by atoms with E-state index in [-0.39, 0.29) is 12.5 Å². The minimum absolute atomic E-state index is 0.0573. The van der Waals surface area contributed by atoms with Crippen molar-refractivity contribution in [3.63, 3.8) is 0 Å². The van der Waals surface area contributed by atoms with Crippen LogP contribution in [0.2, 0.25) is 0 Å². The van der Waals surface area contributed by atoms with Gasteiger partial charge in [0.15, 0.2) is 0 Å². The summed E-state index contributed by atoms with van der Waals surface area (Å²) >= 11 is 0. The molecule has 0 aliphatic carbocycles. The van der Waals surface area contributed by atoms with Gasteiger partial charge >= 0.3 is 0 Å². The molecule has 4 rings (SSSR count). The van der Waals surface area contributed by atoms with Gasteiger partial charge in [0.1, 0.15) is 0 Å². The lowest BCUT2D eigenvalue weighted by atomic mass is 9.99. The highest BCUT2D eigenvalue weighted by atomic mass is 16.5. The van der Waals surface area contributed by atoms with Crippen LogP contribution in [0.1, 0.15) is 27.4 Å². The number of rotatable bonds is 7. The largest absolute Gasteiger partial charge is 0.337 e. The van der Waals surface area contributed by atoms with Gasteiger partial charge in [-0.15, -0.1) is 0 Å². The molecular formula is C25H23N3O2. The van der Waals surface area contributed by atoms with E-state index in [1.165, 1.54) is 5.56 Å². The van der Waals surface area contributed by atoms with E-state index >= 15 is 0 Å². The van der Waals surface area contributed by atoms with Gasteiger partial charge in [0.25, 0.3) is 5.91 Å². The molecule has 0 N–H and O–H groups in total. The van der Waals surface area contributed by atoms with Crippen molar-refractivity contribution in [1.29, 1.82) is 0 Å². The number of nitrogens with zero attached hydrogens (tertiary/aromatic N) is 3. The molecule has 150 valence electrons. The molecule has 4 aromatic rings. The van der Waals surface area contributed by atoms with Crippen molar-refractivity contribution in [1.82, 2.24) is 15.0 Å². The average molecular weight is 397 g/mol. The highest BCUT2D eigenvalue weighted by Gasteiger charge is 2.18. The van der Waals surface area contributed by atoms with Crippen LogP contribution in [0.5, 0.6) is 0 Å². The number of hydrogen-bond acceptors (Lipinski definition) is 4. The van der Waals surface area contributed by atoms with Gasteiger partial charge in [0.2, 0.25) is 11.7 Å². The standard InChI is InChI=1S/C25H23N3O2/c1-28(18-23-26-24(27-30-23)21-13-6-3-7-14-21)25(29)22-15-9-8-12-20(22)17-16-19-10-4-2-5-11-19/h2-15H,16-18H2,1H3. The highest BCUT2D eigenvalue weighted by molar-refractivity contribution is 5.95. The summed E-state index contributed by atoms with van der Waals surface area (Å²) in [6.07, 6.45) is 1.69. The number of hydrogen-bond donors (Lipinski definition) is 0. The summed E-state index contributed by atoms with van der Waals surface area (Å²) < 4.78 is 5.36. The van der Waals surface area contributed by atoms with Gasteiger partial charge in [-0.2, -0.15) is 4.98 Å². The number of benzene rings is 3. The van der Waals surface area contributed by atoms with Gasteiger partial charge in [-0.1, -0.05) is 84.0 Å². The molecule has 0 unspecified atom stereocenters. The zero-order valence-corrected chi connectivity index (χ0v) is 16.9. The van der Waals surface area contributed by atoms with Crippen LogP contribution in [0.15, 0.2) is 89.5 Å². The number of aromatic nitrogens is 2. The summed E-state index contributed by atoms with van der Waals surface area (Å²) in [6, 6.07) is 27.7. The monoisotopic (exact) mass is 397 g/mol. The molecule has 1 aromatic heterocycles. The smallest absolute Gasteiger partial charge is 0.254 e. The minimum atomic E-state index is -0.0573. The second-order valence-electron chi connectivity index (χ2n) is 7.18. The molecule has 0 atom stereocenters. The van der Waals surface area contributed by atoms with E-state index in [0.29, 0.717) is 17.3 Å². The summed E-state index contributed by atoms with van der Waals surface area (Å²) in [6.45, 7) is 0.256. The Morgan fingerprint density at radius 3 is 2.30 bits per heavy atom. The molecule has 30 heavy (non-hydrogen) atoms. The van der Waals surface area contributed by atoms with Crippen LogP contribution in [-0.2, 0) is 19.4 Å². The molecule has 0 saturated carbocycles. The van der Waals surface area contributed by atoms with Gasteiger partial charge < -0.3 is 9.42 Å². The van der Waals surface area contributed by atoms with Gasteiger partial charge in [-0.05, 0) is 30.0 Å². The third-order valence-electron chi connectivity index (χ3n) is 4.99. The fourth-order valence-corrected chi connectivity index (χ4v) is 3.37. The van der Waals surface area contributed by atoms with E-state index < -0.39 is 0 Å². The molecule has 0 saturated heterocycles. The first-order valence-corrected chi connectivity index (χ1v) is 9.96. The molecule has 0 spiro atoms. The van der Waals surface area contributed by atoms with E-state index in [1.54, 1.807) is 11.9 Å². The molecule has 0 aliphatic rings. The fraction of sp³-hybridized carbons (Fsp3) is 0.160. The summed E-state index contributed by atoms with van der Waals surface area (Å²) in [5, 5.41) is 4.03. The number of amides is 1. The minimum Gasteiger partial charge on any atom is -0.337 e. The highest BCUT2D eigenvalue weighted by Crippen LogP contribution is 2.18. The lowest BCUT2D eigenvalue weighted by molar-refractivity contribution is 0.0768. The van der Waals surface area contributed by atoms with E-state index in [9.17, 15) is 4.79 Å². The Kier molecular flexibility index (Phi) is 5.99. The van der Waals surface area contributed by atoms with Crippen LogP contribution >= 0.6 is 0 Å². The van der Waals surface area contributed by atoms with Gasteiger partial charge in [0, 0.05) is 18.2 Å². The first-order valence-electron chi connectivity index (χ1n) is 9.96. The predicted octanol–water partition coefficient (Wildman–Crippen LogP) is 4.79. The van der Waals surface area contributed by atoms with Crippen molar-refractivity contribution in [3.05, 3.63) is 108 Å². The van der Waals surface area contributed by atoms with E-state index in [4.69, 9.17) is 4.52 Å². The maximum Gasteiger partial charge on any atom is 0.254 e. The van der Waals surface area contributed by atoms with Crippen LogP contribution in [0, 0.1) is 0 Å². The molecule has 0 fully saturated rings. The average Bonchev–Trinajstić information content (AvgIpc) is 3.27. The Labute approximate surface area is 176 Å². The van der Waals surface area contributed by atoms with Crippen molar-refractivity contribution in [3.8, 4) is 11.4 Å². The molecule has 1 amide bonds. The molecule has 5 nitrogen and oxygen atoms in total. The molecule has 5 heteroatoms. The van der Waals surface area contributed by atoms with Crippen LogP contribution < -0.4 is 0 Å². The van der Waals surface area contributed by atoms with Crippen molar-refractivity contribution in [2.75, 3.05) is 7.05 Å². The Morgan fingerprint density at radius 1 is 0.867 bits per heavy atom. The van der Waals surface area contributed by atoms with E-state index in [2.05, 4.69) is 22.3 Å². The van der Waals surface area contributed by atoms with Crippen molar-refractivity contribution in [2.45, 2.75) is 19.4 Å². The first kappa shape index (κ1) is 19.6. The lowest BCUT2D eigenvalue weighted by Gasteiger charge is -2.17. The summed E-state index contributed by atoms with van der Waals surface area (Å²) in [5.41, 5.74) is 3.88. The zero-order valence-electron chi connectivity index (χ0n) is 16.9. The summed E-state index contributed by atoms with van der Waals surface area (Å²) in [5.74, 6) is 0.874. The number of aryl methyl sites for hydroxylation is 2. The fourth-order valence-electron chi connectivity index (χ4n) is 3.37. The Balaban J connectivity index is 1.45. The van der Waals surface area contributed by atoms with Crippen LogP contribution in [0.3, 0.4) is 0 Å². The predicted molar refractivity (Wildman–Crippen MR) is 116 cm³/mol. The zero-order chi connectivity index (χ0) is 20.8. The Hall–Kier alpha value is -3.73.